The molecule has 4 nitrogen and oxygen atoms in total. The summed E-state index contributed by atoms with van der Waals surface area (Å²) in [6, 6.07) is 1.92. The summed E-state index contributed by atoms with van der Waals surface area (Å²) in [5, 5.41) is 3.95. The molecule has 1 aromatic rings. The molecule has 0 radical (unpaired) electrons. The van der Waals surface area contributed by atoms with Gasteiger partial charge in [-0.05, 0) is 25.8 Å². The van der Waals surface area contributed by atoms with Gasteiger partial charge in [0.2, 0.25) is 0 Å². The SMILES string of the molecule is CC(N)CCCC(=O)c1ccnn1C. The highest BCUT2D eigenvalue weighted by Crippen LogP contribution is 2.06. The molecule has 2 N–H and O–H groups in total. The van der Waals surface area contributed by atoms with E-state index in [1.807, 2.05) is 6.92 Å². The molecule has 0 aliphatic heterocycles. The van der Waals surface area contributed by atoms with Crippen molar-refractivity contribution >= 4 is 5.78 Å². The highest BCUT2D eigenvalue weighted by molar-refractivity contribution is 5.94. The number of ketones is 1. The molecule has 0 bridgehead atoms. The average molecular weight is 195 g/mol. The van der Waals surface area contributed by atoms with E-state index in [0.717, 1.165) is 12.8 Å². The van der Waals surface area contributed by atoms with Crippen molar-refractivity contribution in [3.05, 3.63) is 18.0 Å². The molecular weight excluding hydrogens is 178 g/mol. The largest absolute Gasteiger partial charge is 0.328 e. The lowest BCUT2D eigenvalue weighted by molar-refractivity contribution is 0.0970. The summed E-state index contributed by atoms with van der Waals surface area (Å²) >= 11 is 0. The van der Waals surface area contributed by atoms with Crippen molar-refractivity contribution < 1.29 is 4.79 Å². The number of hydrogen-bond acceptors (Lipinski definition) is 3. The predicted octanol–water partition coefficient (Wildman–Crippen LogP) is 1.12. The van der Waals surface area contributed by atoms with Gasteiger partial charge in [0.05, 0.1) is 0 Å². The fourth-order valence-electron chi connectivity index (χ4n) is 1.36. The molecule has 0 saturated heterocycles. The van der Waals surface area contributed by atoms with Gasteiger partial charge >= 0.3 is 0 Å². The van der Waals surface area contributed by atoms with Crippen molar-refractivity contribution in [2.45, 2.75) is 32.2 Å². The first-order valence-corrected chi connectivity index (χ1v) is 4.88. The molecule has 1 heterocycles. The Kier molecular flexibility index (Phi) is 3.83. The molecule has 78 valence electrons. The van der Waals surface area contributed by atoms with Crippen molar-refractivity contribution in [2.24, 2.45) is 12.8 Å². The zero-order valence-electron chi connectivity index (χ0n) is 8.73. The van der Waals surface area contributed by atoms with E-state index < -0.39 is 0 Å². The summed E-state index contributed by atoms with van der Waals surface area (Å²) < 4.78 is 1.61. The number of Topliss-reactive ketones (excluding diaryl/α,β-unsaturated/α-hetero) is 1. The number of carbonyl (C=O) groups excluding carboxylic acids is 1. The van der Waals surface area contributed by atoms with Gasteiger partial charge in [-0.15, -0.1) is 0 Å². The predicted molar refractivity (Wildman–Crippen MR) is 55.0 cm³/mol. The Bertz CT molecular complexity index is 304. The van der Waals surface area contributed by atoms with Crippen LogP contribution in [-0.4, -0.2) is 21.6 Å². The number of rotatable bonds is 5. The topological polar surface area (TPSA) is 60.9 Å². The molecular formula is C10H17N3O. The fraction of sp³-hybridized carbons (Fsp3) is 0.600. The van der Waals surface area contributed by atoms with Crippen LogP contribution in [0.3, 0.4) is 0 Å². The molecule has 0 aliphatic rings. The smallest absolute Gasteiger partial charge is 0.180 e. The Labute approximate surface area is 84.1 Å². The van der Waals surface area contributed by atoms with Crippen LogP contribution in [-0.2, 0) is 7.05 Å². The standard InChI is InChI=1S/C10H17N3O/c1-8(11)4-3-5-10(14)9-6-7-12-13(9)2/h6-8H,3-5,11H2,1-2H3. The number of hydrogen-bond donors (Lipinski definition) is 1. The van der Waals surface area contributed by atoms with Gasteiger partial charge in [0.15, 0.2) is 5.78 Å². The summed E-state index contributed by atoms with van der Waals surface area (Å²) in [5.41, 5.74) is 6.27. The maximum Gasteiger partial charge on any atom is 0.180 e. The Morgan fingerprint density at radius 1 is 1.71 bits per heavy atom. The van der Waals surface area contributed by atoms with E-state index in [1.165, 1.54) is 0 Å². The van der Waals surface area contributed by atoms with Crippen LogP contribution in [0.2, 0.25) is 0 Å². The van der Waals surface area contributed by atoms with Gasteiger partial charge in [0.1, 0.15) is 5.69 Å². The second-order valence-electron chi connectivity index (χ2n) is 3.63. The van der Waals surface area contributed by atoms with Gasteiger partial charge in [-0.2, -0.15) is 5.10 Å². The van der Waals surface area contributed by atoms with Crippen LogP contribution in [0.15, 0.2) is 12.3 Å². The van der Waals surface area contributed by atoms with Crippen LogP contribution in [0.1, 0.15) is 36.7 Å². The molecule has 1 rings (SSSR count). The molecule has 0 spiro atoms. The molecule has 1 unspecified atom stereocenters. The van der Waals surface area contributed by atoms with Gasteiger partial charge in [-0.1, -0.05) is 0 Å². The van der Waals surface area contributed by atoms with Gasteiger partial charge < -0.3 is 5.73 Å². The Morgan fingerprint density at radius 2 is 2.43 bits per heavy atom. The first-order chi connectivity index (χ1) is 6.61. The Hall–Kier alpha value is -1.16. The number of carbonyl (C=O) groups is 1. The summed E-state index contributed by atoms with van der Waals surface area (Å²) in [6.45, 7) is 1.95. The fourth-order valence-corrected chi connectivity index (χ4v) is 1.36. The van der Waals surface area contributed by atoms with Crippen LogP contribution in [0, 0.1) is 0 Å². The highest BCUT2D eigenvalue weighted by Gasteiger charge is 2.09. The normalized spacial score (nSPS) is 12.8. The van der Waals surface area contributed by atoms with Gasteiger partial charge in [0, 0.05) is 25.7 Å². The van der Waals surface area contributed by atoms with Gasteiger partial charge in [-0.25, -0.2) is 0 Å². The molecule has 0 aromatic carbocycles. The van der Waals surface area contributed by atoms with Crippen LogP contribution in [0.4, 0.5) is 0 Å². The van der Waals surface area contributed by atoms with E-state index in [9.17, 15) is 4.79 Å². The molecule has 1 aromatic heterocycles. The summed E-state index contributed by atoms with van der Waals surface area (Å²) in [5.74, 6) is 0.144. The third kappa shape index (κ3) is 2.96. The maximum atomic E-state index is 11.6. The lowest BCUT2D eigenvalue weighted by Gasteiger charge is -2.04. The van der Waals surface area contributed by atoms with Crippen LogP contribution in [0.5, 0.6) is 0 Å². The lowest BCUT2D eigenvalue weighted by Crippen LogP contribution is -2.15. The first-order valence-electron chi connectivity index (χ1n) is 4.88. The van der Waals surface area contributed by atoms with E-state index in [4.69, 9.17) is 5.73 Å². The van der Waals surface area contributed by atoms with Crippen molar-refractivity contribution in [3.8, 4) is 0 Å². The molecule has 0 fully saturated rings. The van der Waals surface area contributed by atoms with E-state index in [-0.39, 0.29) is 11.8 Å². The zero-order valence-corrected chi connectivity index (χ0v) is 8.73. The molecule has 0 saturated carbocycles. The van der Waals surface area contributed by atoms with E-state index in [0.29, 0.717) is 12.1 Å². The zero-order chi connectivity index (χ0) is 10.6. The minimum Gasteiger partial charge on any atom is -0.328 e. The minimum absolute atomic E-state index is 0.144. The quantitative estimate of drug-likeness (QED) is 0.716. The van der Waals surface area contributed by atoms with Crippen LogP contribution < -0.4 is 5.73 Å². The molecule has 0 aliphatic carbocycles. The molecule has 1 atom stereocenters. The Balaban J connectivity index is 2.40. The number of aromatic nitrogens is 2. The third-order valence-corrected chi connectivity index (χ3v) is 2.17. The van der Waals surface area contributed by atoms with Gasteiger partial charge in [-0.3, -0.25) is 9.48 Å². The van der Waals surface area contributed by atoms with Crippen LogP contribution in [0.25, 0.3) is 0 Å². The summed E-state index contributed by atoms with van der Waals surface area (Å²) in [7, 11) is 1.78. The highest BCUT2D eigenvalue weighted by atomic mass is 16.1. The van der Waals surface area contributed by atoms with Gasteiger partial charge in [0.25, 0.3) is 0 Å². The van der Waals surface area contributed by atoms with Crippen molar-refractivity contribution in [3.63, 3.8) is 0 Å². The van der Waals surface area contributed by atoms with E-state index in [2.05, 4.69) is 5.10 Å². The molecule has 4 heteroatoms. The minimum atomic E-state index is 0.144. The number of nitrogens with two attached hydrogens (primary N) is 1. The number of nitrogens with zero attached hydrogens (tertiary/aromatic N) is 2. The third-order valence-electron chi connectivity index (χ3n) is 2.17. The molecule has 14 heavy (non-hydrogen) atoms. The number of aryl methyl sites for hydroxylation is 1. The summed E-state index contributed by atoms with van der Waals surface area (Å²) in [6.07, 6.45) is 3.94. The lowest BCUT2D eigenvalue weighted by atomic mass is 10.1. The van der Waals surface area contributed by atoms with E-state index in [1.54, 1.807) is 24.0 Å². The summed E-state index contributed by atoms with van der Waals surface area (Å²) in [4.78, 5) is 11.6. The Morgan fingerprint density at radius 3 is 2.93 bits per heavy atom. The van der Waals surface area contributed by atoms with E-state index >= 15 is 0 Å². The van der Waals surface area contributed by atoms with Crippen molar-refractivity contribution in [1.82, 2.24) is 9.78 Å². The van der Waals surface area contributed by atoms with Crippen molar-refractivity contribution in [1.29, 1.82) is 0 Å². The second-order valence-corrected chi connectivity index (χ2v) is 3.63. The van der Waals surface area contributed by atoms with Crippen molar-refractivity contribution in [2.75, 3.05) is 0 Å². The average Bonchev–Trinajstić information content (AvgIpc) is 2.50. The monoisotopic (exact) mass is 195 g/mol. The first kappa shape index (κ1) is 10.9. The molecule has 0 amide bonds. The maximum absolute atomic E-state index is 11.6. The van der Waals surface area contributed by atoms with Crippen LogP contribution >= 0.6 is 0 Å². The second kappa shape index (κ2) is 4.91.